The highest BCUT2D eigenvalue weighted by molar-refractivity contribution is 5.39. The Labute approximate surface area is 128 Å². The molecule has 4 nitrogen and oxygen atoms in total. The van der Waals surface area contributed by atoms with Crippen molar-refractivity contribution in [3.05, 3.63) is 23.8 Å². The summed E-state index contributed by atoms with van der Waals surface area (Å²) in [5.74, 6) is 1.74. The number of nitrogens with one attached hydrogen (secondary N) is 1. The molecule has 1 unspecified atom stereocenters. The van der Waals surface area contributed by atoms with Crippen LogP contribution < -0.4 is 10.1 Å². The van der Waals surface area contributed by atoms with Crippen molar-refractivity contribution in [3.63, 3.8) is 0 Å². The molecule has 4 heteroatoms. The minimum atomic E-state index is 0.325. The summed E-state index contributed by atoms with van der Waals surface area (Å²) in [7, 11) is 1.64. The number of phenolic OH excluding ortho intramolecular Hbond substituents is 1. The third-order valence-corrected chi connectivity index (χ3v) is 4.33. The van der Waals surface area contributed by atoms with Gasteiger partial charge in [-0.05, 0) is 50.0 Å². The van der Waals surface area contributed by atoms with E-state index in [0.29, 0.717) is 24.3 Å². The molecule has 1 aliphatic heterocycles. The van der Waals surface area contributed by atoms with E-state index in [2.05, 4.69) is 24.1 Å². The lowest BCUT2D eigenvalue weighted by Crippen LogP contribution is -2.44. The highest BCUT2D eigenvalue weighted by Crippen LogP contribution is 2.23. The van der Waals surface area contributed by atoms with E-state index in [1.807, 2.05) is 6.07 Å². The van der Waals surface area contributed by atoms with Crippen LogP contribution in [0, 0.1) is 5.92 Å². The van der Waals surface area contributed by atoms with Crippen LogP contribution in [0.3, 0.4) is 0 Å². The first-order valence-corrected chi connectivity index (χ1v) is 7.92. The standard InChI is InChI=1S/C17H28N2O2/c1-13(2)16(19-8-4-5-9-19)12-18-11-14-10-15(21-3)6-7-17(14)20/h6-7,10,13,16,18,20H,4-5,8-9,11-12H2,1-3H3. The minimum absolute atomic E-state index is 0.325. The number of benzene rings is 1. The van der Waals surface area contributed by atoms with Crippen molar-refractivity contribution in [1.82, 2.24) is 10.2 Å². The van der Waals surface area contributed by atoms with Gasteiger partial charge in [0.15, 0.2) is 0 Å². The molecule has 0 saturated carbocycles. The maximum absolute atomic E-state index is 9.91. The van der Waals surface area contributed by atoms with Gasteiger partial charge in [-0.3, -0.25) is 4.90 Å². The number of hydrogen-bond acceptors (Lipinski definition) is 4. The molecule has 2 rings (SSSR count). The van der Waals surface area contributed by atoms with E-state index in [9.17, 15) is 5.11 Å². The zero-order valence-electron chi connectivity index (χ0n) is 13.4. The van der Waals surface area contributed by atoms with E-state index >= 15 is 0 Å². The van der Waals surface area contributed by atoms with Crippen LogP contribution in [0.2, 0.25) is 0 Å². The largest absolute Gasteiger partial charge is 0.508 e. The second kappa shape index (κ2) is 7.66. The molecule has 0 spiro atoms. The zero-order valence-corrected chi connectivity index (χ0v) is 13.4. The van der Waals surface area contributed by atoms with Crippen LogP contribution in [0.4, 0.5) is 0 Å². The predicted octanol–water partition coefficient (Wildman–Crippen LogP) is 2.61. The number of methoxy groups -OCH3 is 1. The SMILES string of the molecule is COc1ccc(O)c(CNCC(C(C)C)N2CCCC2)c1. The van der Waals surface area contributed by atoms with E-state index < -0.39 is 0 Å². The summed E-state index contributed by atoms with van der Waals surface area (Å²) in [6.45, 7) is 8.62. The Hall–Kier alpha value is -1.26. The van der Waals surface area contributed by atoms with Gasteiger partial charge >= 0.3 is 0 Å². The first-order chi connectivity index (χ1) is 10.1. The highest BCUT2D eigenvalue weighted by Gasteiger charge is 2.24. The molecule has 0 amide bonds. The Morgan fingerprint density at radius 3 is 2.62 bits per heavy atom. The molecule has 1 atom stereocenters. The van der Waals surface area contributed by atoms with Crippen LogP contribution in [0.25, 0.3) is 0 Å². The van der Waals surface area contributed by atoms with Crippen LogP contribution in [-0.4, -0.2) is 42.8 Å². The third-order valence-electron chi connectivity index (χ3n) is 4.33. The molecule has 0 radical (unpaired) electrons. The summed E-state index contributed by atoms with van der Waals surface area (Å²) >= 11 is 0. The fraction of sp³-hybridized carbons (Fsp3) is 0.647. The van der Waals surface area contributed by atoms with Crippen LogP contribution in [0.5, 0.6) is 11.5 Å². The second-order valence-electron chi connectivity index (χ2n) is 6.18. The number of aromatic hydroxyl groups is 1. The molecule has 21 heavy (non-hydrogen) atoms. The number of rotatable bonds is 7. The Bertz CT molecular complexity index is 442. The molecule has 0 aliphatic carbocycles. The molecule has 1 aromatic rings. The van der Waals surface area contributed by atoms with Gasteiger partial charge in [0.2, 0.25) is 0 Å². The first kappa shape index (κ1) is 16.1. The number of likely N-dealkylation sites (tertiary alicyclic amines) is 1. The molecule has 1 aromatic carbocycles. The topological polar surface area (TPSA) is 44.7 Å². The van der Waals surface area contributed by atoms with Gasteiger partial charge in [0.1, 0.15) is 11.5 Å². The lowest BCUT2D eigenvalue weighted by molar-refractivity contribution is 0.186. The maximum Gasteiger partial charge on any atom is 0.120 e. The first-order valence-electron chi connectivity index (χ1n) is 7.92. The highest BCUT2D eigenvalue weighted by atomic mass is 16.5. The lowest BCUT2D eigenvalue weighted by Gasteiger charge is -2.31. The number of ether oxygens (including phenoxy) is 1. The molecule has 1 aliphatic rings. The normalized spacial score (nSPS) is 17.3. The number of hydrogen-bond donors (Lipinski definition) is 2. The Morgan fingerprint density at radius 1 is 1.29 bits per heavy atom. The van der Waals surface area contributed by atoms with Gasteiger partial charge in [0.05, 0.1) is 7.11 Å². The van der Waals surface area contributed by atoms with E-state index in [0.717, 1.165) is 17.9 Å². The van der Waals surface area contributed by atoms with Crippen molar-refractivity contribution in [1.29, 1.82) is 0 Å². The molecule has 1 fully saturated rings. The summed E-state index contributed by atoms with van der Waals surface area (Å²) in [4.78, 5) is 2.59. The van der Waals surface area contributed by atoms with Gasteiger partial charge < -0.3 is 15.2 Å². The van der Waals surface area contributed by atoms with Crippen molar-refractivity contribution in [2.45, 2.75) is 39.3 Å². The monoisotopic (exact) mass is 292 g/mol. The van der Waals surface area contributed by atoms with Gasteiger partial charge in [-0.25, -0.2) is 0 Å². The molecular formula is C17H28N2O2. The van der Waals surface area contributed by atoms with Crippen molar-refractivity contribution in [2.24, 2.45) is 5.92 Å². The van der Waals surface area contributed by atoms with Crippen LogP contribution in [0.1, 0.15) is 32.3 Å². The van der Waals surface area contributed by atoms with Crippen LogP contribution >= 0.6 is 0 Å². The van der Waals surface area contributed by atoms with Crippen molar-refractivity contribution in [2.75, 3.05) is 26.7 Å². The fourth-order valence-corrected chi connectivity index (χ4v) is 3.04. The average molecular weight is 292 g/mol. The maximum atomic E-state index is 9.91. The molecule has 1 heterocycles. The van der Waals surface area contributed by atoms with E-state index in [-0.39, 0.29) is 0 Å². The quantitative estimate of drug-likeness (QED) is 0.811. The zero-order chi connectivity index (χ0) is 15.2. The van der Waals surface area contributed by atoms with Crippen LogP contribution in [0.15, 0.2) is 18.2 Å². The van der Waals surface area contributed by atoms with E-state index in [4.69, 9.17) is 4.74 Å². The van der Waals surface area contributed by atoms with Gasteiger partial charge in [-0.15, -0.1) is 0 Å². The second-order valence-corrected chi connectivity index (χ2v) is 6.18. The molecule has 0 aromatic heterocycles. The minimum Gasteiger partial charge on any atom is -0.508 e. The third kappa shape index (κ3) is 4.35. The Morgan fingerprint density at radius 2 is 2.00 bits per heavy atom. The summed E-state index contributed by atoms with van der Waals surface area (Å²) in [6, 6.07) is 5.93. The van der Waals surface area contributed by atoms with E-state index in [1.165, 1.54) is 25.9 Å². The fourth-order valence-electron chi connectivity index (χ4n) is 3.04. The summed E-state index contributed by atoms with van der Waals surface area (Å²) in [5.41, 5.74) is 0.887. The molecular weight excluding hydrogens is 264 g/mol. The average Bonchev–Trinajstić information content (AvgIpc) is 2.98. The lowest BCUT2D eigenvalue weighted by atomic mass is 10.0. The number of nitrogens with zero attached hydrogens (tertiary/aromatic N) is 1. The molecule has 2 N–H and O–H groups in total. The molecule has 0 bridgehead atoms. The van der Waals surface area contributed by atoms with Gasteiger partial charge in [0.25, 0.3) is 0 Å². The molecule has 118 valence electrons. The number of phenols is 1. The summed E-state index contributed by atoms with van der Waals surface area (Å²) < 4.78 is 5.21. The summed E-state index contributed by atoms with van der Waals surface area (Å²) in [6.07, 6.45) is 2.64. The van der Waals surface area contributed by atoms with Crippen LogP contribution in [-0.2, 0) is 6.54 Å². The van der Waals surface area contributed by atoms with Gasteiger partial charge in [-0.1, -0.05) is 13.8 Å². The molecule has 1 saturated heterocycles. The van der Waals surface area contributed by atoms with Crippen molar-refractivity contribution in [3.8, 4) is 11.5 Å². The van der Waals surface area contributed by atoms with Crippen molar-refractivity contribution < 1.29 is 9.84 Å². The Kier molecular flexibility index (Phi) is 5.88. The van der Waals surface area contributed by atoms with Gasteiger partial charge in [-0.2, -0.15) is 0 Å². The predicted molar refractivity (Wildman–Crippen MR) is 85.8 cm³/mol. The smallest absolute Gasteiger partial charge is 0.120 e. The summed E-state index contributed by atoms with van der Waals surface area (Å²) in [5, 5.41) is 13.4. The Balaban J connectivity index is 1.89. The van der Waals surface area contributed by atoms with Crippen molar-refractivity contribution >= 4 is 0 Å². The van der Waals surface area contributed by atoms with Gasteiger partial charge in [0, 0.05) is 24.7 Å². The van der Waals surface area contributed by atoms with E-state index in [1.54, 1.807) is 19.2 Å².